The van der Waals surface area contributed by atoms with E-state index in [9.17, 15) is 0 Å². The van der Waals surface area contributed by atoms with Crippen molar-refractivity contribution in [1.29, 1.82) is 0 Å². The molecule has 1 atom stereocenters. The molecule has 0 fully saturated rings. The lowest BCUT2D eigenvalue weighted by molar-refractivity contribution is 0.515. The van der Waals surface area contributed by atoms with Crippen LogP contribution in [0.4, 0.5) is 5.82 Å². The largest absolute Gasteiger partial charge is 0.246 e. The Bertz CT molecular complexity index is 756. The molecule has 112 valence electrons. The minimum atomic E-state index is -0.210. The van der Waals surface area contributed by atoms with Crippen LogP contribution in [0, 0.1) is 6.92 Å². The van der Waals surface area contributed by atoms with Gasteiger partial charge in [0.2, 0.25) is 0 Å². The third-order valence-electron chi connectivity index (χ3n) is 3.45. The maximum atomic E-state index is 6.48. The summed E-state index contributed by atoms with van der Waals surface area (Å²) in [5.74, 6) is 0.801. The fourth-order valence-corrected chi connectivity index (χ4v) is 2.75. The minimum Gasteiger partial charge on any atom is -0.246 e. The first-order chi connectivity index (χ1) is 10.6. The molecule has 0 aliphatic carbocycles. The summed E-state index contributed by atoms with van der Waals surface area (Å²) >= 11 is 6.48. The average Bonchev–Trinajstić information content (AvgIpc) is 2.88. The SMILES string of the molecule is Cc1cc2n(n1)C(C)N=C(Cl)C(c1ccccc1)=CCC=N2. The van der Waals surface area contributed by atoms with Crippen molar-refractivity contribution in [3.63, 3.8) is 0 Å². The summed E-state index contributed by atoms with van der Waals surface area (Å²) in [6.45, 7) is 3.90. The molecule has 1 aliphatic rings. The van der Waals surface area contributed by atoms with E-state index in [0.717, 1.165) is 22.6 Å². The fourth-order valence-electron chi connectivity index (χ4n) is 2.42. The van der Waals surface area contributed by atoms with Gasteiger partial charge in [-0.25, -0.2) is 14.7 Å². The molecule has 0 radical (unpaired) electrons. The summed E-state index contributed by atoms with van der Waals surface area (Å²) in [5.41, 5.74) is 2.89. The lowest BCUT2D eigenvalue weighted by atomic mass is 10.1. The number of hydrogen-bond acceptors (Lipinski definition) is 3. The molecule has 3 rings (SSSR count). The lowest BCUT2D eigenvalue weighted by Crippen LogP contribution is -2.08. The third kappa shape index (κ3) is 3.02. The Balaban J connectivity index is 2.05. The topological polar surface area (TPSA) is 42.5 Å². The van der Waals surface area contributed by atoms with Crippen molar-refractivity contribution in [3.8, 4) is 0 Å². The molecule has 0 saturated carbocycles. The van der Waals surface area contributed by atoms with Crippen LogP contribution in [0.1, 0.15) is 30.8 Å². The second-order valence-corrected chi connectivity index (χ2v) is 5.53. The van der Waals surface area contributed by atoms with E-state index >= 15 is 0 Å². The van der Waals surface area contributed by atoms with Crippen molar-refractivity contribution in [1.82, 2.24) is 9.78 Å². The molecule has 1 aromatic carbocycles. The van der Waals surface area contributed by atoms with Crippen molar-refractivity contribution in [2.24, 2.45) is 9.98 Å². The van der Waals surface area contributed by atoms with Gasteiger partial charge >= 0.3 is 0 Å². The van der Waals surface area contributed by atoms with E-state index < -0.39 is 0 Å². The summed E-state index contributed by atoms with van der Waals surface area (Å²) in [7, 11) is 0. The smallest absolute Gasteiger partial charge is 0.152 e. The van der Waals surface area contributed by atoms with E-state index in [1.165, 1.54) is 0 Å². The molecule has 0 spiro atoms. The predicted octanol–water partition coefficient (Wildman–Crippen LogP) is 4.54. The Kier molecular flexibility index (Phi) is 4.20. The second-order valence-electron chi connectivity index (χ2n) is 5.17. The molecule has 2 heterocycles. The zero-order chi connectivity index (χ0) is 15.5. The number of halogens is 1. The van der Waals surface area contributed by atoms with Crippen LogP contribution in [0.5, 0.6) is 0 Å². The Morgan fingerprint density at radius 2 is 2.00 bits per heavy atom. The number of nitrogens with zero attached hydrogens (tertiary/aromatic N) is 4. The quantitative estimate of drug-likeness (QED) is 0.762. The molecule has 1 aliphatic heterocycles. The zero-order valence-electron chi connectivity index (χ0n) is 12.6. The maximum absolute atomic E-state index is 6.48. The van der Waals surface area contributed by atoms with Crippen molar-refractivity contribution in [3.05, 3.63) is 53.7 Å². The third-order valence-corrected chi connectivity index (χ3v) is 3.75. The van der Waals surface area contributed by atoms with Gasteiger partial charge in [0.1, 0.15) is 11.3 Å². The van der Waals surface area contributed by atoms with Crippen LogP contribution in [-0.4, -0.2) is 21.2 Å². The molecular formula is C17H17ClN4. The molecule has 1 aromatic heterocycles. The van der Waals surface area contributed by atoms with Gasteiger partial charge in [0.15, 0.2) is 5.82 Å². The molecule has 22 heavy (non-hydrogen) atoms. The first-order valence-electron chi connectivity index (χ1n) is 7.23. The van der Waals surface area contributed by atoms with Crippen LogP contribution in [0.3, 0.4) is 0 Å². The van der Waals surface area contributed by atoms with Gasteiger partial charge in [-0.15, -0.1) is 0 Å². The van der Waals surface area contributed by atoms with Crippen LogP contribution >= 0.6 is 11.6 Å². The van der Waals surface area contributed by atoms with Crippen LogP contribution < -0.4 is 0 Å². The molecule has 2 aromatic rings. The van der Waals surface area contributed by atoms with Gasteiger partial charge in [0.25, 0.3) is 0 Å². The molecule has 5 heteroatoms. The van der Waals surface area contributed by atoms with E-state index in [0.29, 0.717) is 11.6 Å². The number of hydrogen-bond donors (Lipinski definition) is 0. The monoisotopic (exact) mass is 312 g/mol. The first kappa shape index (κ1) is 14.7. The summed E-state index contributed by atoms with van der Waals surface area (Å²) in [5, 5.41) is 4.95. The second kappa shape index (κ2) is 6.28. The van der Waals surface area contributed by atoms with E-state index in [4.69, 9.17) is 11.6 Å². The number of aromatic nitrogens is 2. The summed E-state index contributed by atoms with van der Waals surface area (Å²) < 4.78 is 1.79. The fraction of sp³-hybridized carbons (Fsp3) is 0.235. The van der Waals surface area contributed by atoms with Crippen LogP contribution in [0.15, 0.2) is 52.5 Å². The van der Waals surface area contributed by atoms with Gasteiger partial charge in [0, 0.05) is 24.3 Å². The summed E-state index contributed by atoms with van der Waals surface area (Å²) in [6.07, 6.45) is 4.40. The molecule has 4 nitrogen and oxygen atoms in total. The minimum absolute atomic E-state index is 0.210. The van der Waals surface area contributed by atoms with Crippen molar-refractivity contribution >= 4 is 34.4 Å². The standard InChI is InChI=1S/C17H17ClN4/c1-12-11-16-19-10-6-9-15(14-7-4-3-5-8-14)17(18)20-13(2)22(16)21-12/h3-5,7-11,13H,6H2,1-2H3. The molecule has 0 N–H and O–H groups in total. The summed E-state index contributed by atoms with van der Waals surface area (Å²) in [4.78, 5) is 9.08. The average molecular weight is 313 g/mol. The molecular weight excluding hydrogens is 296 g/mol. The Morgan fingerprint density at radius 1 is 1.23 bits per heavy atom. The highest BCUT2D eigenvalue weighted by molar-refractivity contribution is 6.76. The molecule has 0 bridgehead atoms. The highest BCUT2D eigenvalue weighted by Gasteiger charge is 2.14. The Hall–Kier alpha value is -2.20. The number of allylic oxidation sites excluding steroid dienone is 2. The predicted molar refractivity (Wildman–Crippen MR) is 92.2 cm³/mol. The lowest BCUT2D eigenvalue weighted by Gasteiger charge is -2.13. The maximum Gasteiger partial charge on any atom is 0.152 e. The van der Waals surface area contributed by atoms with Gasteiger partial charge in [-0.05, 0) is 19.4 Å². The highest BCUT2D eigenvalue weighted by atomic mass is 35.5. The van der Waals surface area contributed by atoms with E-state index in [1.807, 2.05) is 56.5 Å². The van der Waals surface area contributed by atoms with E-state index in [1.54, 1.807) is 4.68 Å². The van der Waals surface area contributed by atoms with Crippen LogP contribution in [-0.2, 0) is 0 Å². The van der Waals surface area contributed by atoms with Crippen LogP contribution in [0.2, 0.25) is 0 Å². The van der Waals surface area contributed by atoms with Crippen LogP contribution in [0.25, 0.3) is 5.57 Å². The normalized spacial score (nSPS) is 18.4. The molecule has 0 amide bonds. The number of fused-ring (bicyclic) bond motifs is 1. The number of benzene rings is 1. The van der Waals surface area contributed by atoms with Crippen molar-refractivity contribution in [2.45, 2.75) is 26.4 Å². The van der Waals surface area contributed by atoms with Crippen molar-refractivity contribution < 1.29 is 0 Å². The Morgan fingerprint density at radius 3 is 2.77 bits per heavy atom. The van der Waals surface area contributed by atoms with Gasteiger partial charge in [-0.3, -0.25) is 0 Å². The van der Waals surface area contributed by atoms with Gasteiger partial charge in [-0.2, -0.15) is 5.10 Å². The van der Waals surface area contributed by atoms with Crippen molar-refractivity contribution in [2.75, 3.05) is 0 Å². The van der Waals surface area contributed by atoms with E-state index in [-0.39, 0.29) is 6.17 Å². The van der Waals surface area contributed by atoms with Gasteiger partial charge < -0.3 is 0 Å². The van der Waals surface area contributed by atoms with Gasteiger partial charge in [0.05, 0.1) is 5.69 Å². The van der Waals surface area contributed by atoms with E-state index in [2.05, 4.69) is 21.2 Å². The number of rotatable bonds is 1. The number of aliphatic imine (C=N–C) groups is 2. The summed E-state index contributed by atoms with van der Waals surface area (Å²) in [6, 6.07) is 12.0. The Labute approximate surface area is 134 Å². The highest BCUT2D eigenvalue weighted by Crippen LogP contribution is 2.25. The van der Waals surface area contributed by atoms with Gasteiger partial charge in [-0.1, -0.05) is 48.0 Å². The number of aryl methyl sites for hydroxylation is 1. The first-order valence-corrected chi connectivity index (χ1v) is 7.61. The molecule has 1 unspecified atom stereocenters. The zero-order valence-corrected chi connectivity index (χ0v) is 13.3. The molecule has 0 saturated heterocycles.